The Morgan fingerprint density at radius 1 is 1.20 bits per heavy atom. The number of phenols is 1. The molecule has 3 nitrogen and oxygen atoms in total. The minimum atomic E-state index is 0.352. The van der Waals surface area contributed by atoms with Crippen molar-refractivity contribution in [3.63, 3.8) is 0 Å². The van der Waals surface area contributed by atoms with Crippen molar-refractivity contribution in [3.8, 4) is 5.75 Å². The van der Waals surface area contributed by atoms with E-state index in [2.05, 4.69) is 30.6 Å². The van der Waals surface area contributed by atoms with E-state index in [9.17, 15) is 5.11 Å². The van der Waals surface area contributed by atoms with Crippen LogP contribution in [0.1, 0.15) is 32.8 Å². The number of phenolic OH excluding ortho intramolecular Hbond substituents is 1. The summed E-state index contributed by atoms with van der Waals surface area (Å²) in [5, 5.41) is 9.31. The average Bonchev–Trinajstić information content (AvgIpc) is 2.46. The first-order valence-corrected chi connectivity index (χ1v) is 7.86. The lowest BCUT2D eigenvalue weighted by atomic mass is 10.1. The zero-order chi connectivity index (χ0) is 14.5. The van der Waals surface area contributed by atoms with Crippen molar-refractivity contribution >= 4 is 0 Å². The molecule has 1 N–H and O–H groups in total. The molecule has 0 radical (unpaired) electrons. The lowest BCUT2D eigenvalue weighted by molar-refractivity contribution is 0.0500. The Hall–Kier alpha value is -1.06. The maximum Gasteiger partial charge on any atom is 0.115 e. The Morgan fingerprint density at radius 3 is 2.50 bits per heavy atom. The van der Waals surface area contributed by atoms with Crippen molar-refractivity contribution in [2.45, 2.75) is 45.7 Å². The van der Waals surface area contributed by atoms with Gasteiger partial charge in [-0.1, -0.05) is 19.1 Å². The number of rotatable bonds is 5. The van der Waals surface area contributed by atoms with Gasteiger partial charge in [-0.3, -0.25) is 4.90 Å². The summed E-state index contributed by atoms with van der Waals surface area (Å²) in [7, 11) is 0. The number of nitrogens with zero attached hydrogens (tertiary/aromatic N) is 2. The van der Waals surface area contributed by atoms with Gasteiger partial charge in [-0.25, -0.2) is 0 Å². The first-order chi connectivity index (χ1) is 9.60. The largest absolute Gasteiger partial charge is 0.508 e. The van der Waals surface area contributed by atoms with Gasteiger partial charge in [0.2, 0.25) is 0 Å². The summed E-state index contributed by atoms with van der Waals surface area (Å²) in [5.74, 6) is 0.352. The molecule has 0 aliphatic carbocycles. The van der Waals surface area contributed by atoms with Gasteiger partial charge in [0.15, 0.2) is 0 Å². The minimum absolute atomic E-state index is 0.352. The Labute approximate surface area is 123 Å². The fourth-order valence-electron chi connectivity index (χ4n) is 3.13. The van der Waals surface area contributed by atoms with Crippen LogP contribution in [0.25, 0.3) is 0 Å². The van der Waals surface area contributed by atoms with E-state index in [0.29, 0.717) is 17.8 Å². The van der Waals surface area contributed by atoms with Gasteiger partial charge in [0.1, 0.15) is 5.75 Å². The summed E-state index contributed by atoms with van der Waals surface area (Å²) in [6, 6.07) is 8.96. The second-order valence-corrected chi connectivity index (χ2v) is 6.11. The van der Waals surface area contributed by atoms with Crippen LogP contribution in [-0.2, 0) is 6.42 Å². The second kappa shape index (κ2) is 7.09. The van der Waals surface area contributed by atoms with Crippen LogP contribution in [-0.4, -0.2) is 53.2 Å². The molecule has 112 valence electrons. The van der Waals surface area contributed by atoms with E-state index in [0.717, 1.165) is 13.0 Å². The number of benzene rings is 1. The maximum atomic E-state index is 9.31. The summed E-state index contributed by atoms with van der Waals surface area (Å²) < 4.78 is 0. The SMILES string of the molecule is CCC1CN(CCc2ccc(O)cc2)CCN1C(C)C. The van der Waals surface area contributed by atoms with Crippen LogP contribution in [0, 0.1) is 0 Å². The van der Waals surface area contributed by atoms with Gasteiger partial charge in [0.05, 0.1) is 0 Å². The van der Waals surface area contributed by atoms with Crippen molar-refractivity contribution in [2.75, 3.05) is 26.2 Å². The first kappa shape index (κ1) is 15.3. The van der Waals surface area contributed by atoms with E-state index >= 15 is 0 Å². The Balaban J connectivity index is 1.84. The summed E-state index contributed by atoms with van der Waals surface area (Å²) >= 11 is 0. The summed E-state index contributed by atoms with van der Waals surface area (Å²) in [6.07, 6.45) is 2.30. The Bertz CT molecular complexity index is 402. The van der Waals surface area contributed by atoms with Crippen LogP contribution in [0.5, 0.6) is 5.75 Å². The molecule has 1 saturated heterocycles. The van der Waals surface area contributed by atoms with Gasteiger partial charge in [0, 0.05) is 38.3 Å². The normalized spacial score (nSPS) is 21.5. The molecule has 1 aromatic carbocycles. The Kier molecular flexibility index (Phi) is 5.44. The topological polar surface area (TPSA) is 26.7 Å². The molecule has 20 heavy (non-hydrogen) atoms. The van der Waals surface area contributed by atoms with E-state index in [4.69, 9.17) is 0 Å². The molecule has 2 rings (SSSR count). The van der Waals surface area contributed by atoms with E-state index in [1.165, 1.54) is 31.6 Å². The highest BCUT2D eigenvalue weighted by Gasteiger charge is 2.26. The molecule has 0 amide bonds. The molecule has 1 aliphatic heterocycles. The van der Waals surface area contributed by atoms with Crippen LogP contribution < -0.4 is 0 Å². The van der Waals surface area contributed by atoms with E-state index in [1.54, 1.807) is 12.1 Å². The molecule has 0 aromatic heterocycles. The van der Waals surface area contributed by atoms with Crippen LogP contribution in [0.4, 0.5) is 0 Å². The highest BCUT2D eigenvalue weighted by atomic mass is 16.3. The van der Waals surface area contributed by atoms with Crippen LogP contribution in [0.2, 0.25) is 0 Å². The van der Waals surface area contributed by atoms with Crippen LogP contribution in [0.15, 0.2) is 24.3 Å². The fraction of sp³-hybridized carbons (Fsp3) is 0.647. The maximum absolute atomic E-state index is 9.31. The molecule has 1 aliphatic rings. The van der Waals surface area contributed by atoms with Crippen molar-refractivity contribution in [1.82, 2.24) is 9.80 Å². The molecule has 1 unspecified atom stereocenters. The molecule has 0 spiro atoms. The third-order valence-electron chi connectivity index (χ3n) is 4.40. The number of aromatic hydroxyl groups is 1. The monoisotopic (exact) mass is 276 g/mol. The van der Waals surface area contributed by atoms with Crippen LogP contribution in [0.3, 0.4) is 0 Å². The number of hydrogen-bond donors (Lipinski definition) is 1. The second-order valence-electron chi connectivity index (χ2n) is 6.11. The predicted molar refractivity (Wildman–Crippen MR) is 84.2 cm³/mol. The molecule has 3 heteroatoms. The van der Waals surface area contributed by atoms with E-state index in [-0.39, 0.29) is 0 Å². The third-order valence-corrected chi connectivity index (χ3v) is 4.40. The summed E-state index contributed by atoms with van der Waals surface area (Å²) in [6.45, 7) is 11.6. The van der Waals surface area contributed by atoms with E-state index < -0.39 is 0 Å². The summed E-state index contributed by atoms with van der Waals surface area (Å²) in [5.41, 5.74) is 1.31. The zero-order valence-electron chi connectivity index (χ0n) is 13.0. The van der Waals surface area contributed by atoms with Gasteiger partial charge in [-0.05, 0) is 44.4 Å². The molecular formula is C17H28N2O. The quantitative estimate of drug-likeness (QED) is 0.896. The van der Waals surface area contributed by atoms with Gasteiger partial charge in [-0.2, -0.15) is 0 Å². The van der Waals surface area contributed by atoms with Crippen molar-refractivity contribution in [1.29, 1.82) is 0 Å². The number of piperazine rings is 1. The molecular weight excluding hydrogens is 248 g/mol. The lowest BCUT2D eigenvalue weighted by Gasteiger charge is -2.43. The highest BCUT2D eigenvalue weighted by Crippen LogP contribution is 2.17. The standard InChI is InChI=1S/C17H28N2O/c1-4-16-13-18(11-12-19(16)14(2)3)10-9-15-5-7-17(20)8-6-15/h5-8,14,16,20H,4,9-13H2,1-3H3. The number of hydrogen-bond acceptors (Lipinski definition) is 3. The average molecular weight is 276 g/mol. The summed E-state index contributed by atoms with van der Waals surface area (Å²) in [4.78, 5) is 5.22. The highest BCUT2D eigenvalue weighted by molar-refractivity contribution is 5.26. The Morgan fingerprint density at radius 2 is 1.90 bits per heavy atom. The lowest BCUT2D eigenvalue weighted by Crippen LogP contribution is -2.55. The minimum Gasteiger partial charge on any atom is -0.508 e. The molecule has 0 bridgehead atoms. The van der Waals surface area contributed by atoms with Crippen molar-refractivity contribution in [3.05, 3.63) is 29.8 Å². The smallest absolute Gasteiger partial charge is 0.115 e. The molecule has 0 saturated carbocycles. The van der Waals surface area contributed by atoms with E-state index in [1.807, 2.05) is 12.1 Å². The first-order valence-electron chi connectivity index (χ1n) is 7.86. The van der Waals surface area contributed by atoms with Gasteiger partial charge >= 0.3 is 0 Å². The molecule has 1 fully saturated rings. The van der Waals surface area contributed by atoms with Gasteiger partial charge < -0.3 is 10.0 Å². The fourth-order valence-corrected chi connectivity index (χ4v) is 3.13. The third kappa shape index (κ3) is 3.97. The molecule has 1 aromatic rings. The van der Waals surface area contributed by atoms with Gasteiger partial charge in [0.25, 0.3) is 0 Å². The molecule has 1 heterocycles. The predicted octanol–water partition coefficient (Wildman–Crippen LogP) is 2.74. The molecule has 1 atom stereocenters. The van der Waals surface area contributed by atoms with Crippen molar-refractivity contribution in [2.24, 2.45) is 0 Å². The zero-order valence-corrected chi connectivity index (χ0v) is 13.0. The van der Waals surface area contributed by atoms with Crippen molar-refractivity contribution < 1.29 is 5.11 Å². The van der Waals surface area contributed by atoms with Gasteiger partial charge in [-0.15, -0.1) is 0 Å². The van der Waals surface area contributed by atoms with Crippen LogP contribution >= 0.6 is 0 Å².